The molecule has 2 amide bonds. The highest BCUT2D eigenvalue weighted by molar-refractivity contribution is 5.94. The second-order valence-corrected chi connectivity index (χ2v) is 7.64. The van der Waals surface area contributed by atoms with Gasteiger partial charge in [-0.3, -0.25) is 9.59 Å². The molecular formula is C22H28N2O2. The fraction of sp³-hybridized carbons (Fsp3) is 0.364. The molecule has 0 bridgehead atoms. The monoisotopic (exact) mass is 352 g/mol. The molecule has 4 nitrogen and oxygen atoms in total. The van der Waals surface area contributed by atoms with Gasteiger partial charge in [0.05, 0.1) is 0 Å². The Kier molecular flexibility index (Phi) is 6.19. The minimum absolute atomic E-state index is 0.0714. The van der Waals surface area contributed by atoms with E-state index in [1.54, 1.807) is 4.90 Å². The van der Waals surface area contributed by atoms with E-state index < -0.39 is 0 Å². The Hall–Kier alpha value is -2.62. The molecule has 0 unspecified atom stereocenters. The van der Waals surface area contributed by atoms with Crippen molar-refractivity contribution in [2.75, 3.05) is 16.8 Å². The molecular weight excluding hydrogens is 324 g/mol. The zero-order chi connectivity index (χ0) is 19.3. The fourth-order valence-electron chi connectivity index (χ4n) is 2.75. The van der Waals surface area contributed by atoms with Gasteiger partial charge in [0, 0.05) is 31.3 Å². The topological polar surface area (TPSA) is 49.4 Å². The number of amides is 2. The lowest BCUT2D eigenvalue weighted by Crippen LogP contribution is -2.32. The predicted octanol–water partition coefficient (Wildman–Crippen LogP) is 4.67. The lowest BCUT2D eigenvalue weighted by Gasteiger charge is -2.21. The lowest BCUT2D eigenvalue weighted by atomic mass is 9.87. The highest BCUT2D eigenvalue weighted by Crippen LogP contribution is 2.23. The normalized spacial score (nSPS) is 11.1. The first kappa shape index (κ1) is 19.7. The van der Waals surface area contributed by atoms with Gasteiger partial charge >= 0.3 is 0 Å². The highest BCUT2D eigenvalue weighted by atomic mass is 16.2. The number of hydrogen-bond donors (Lipinski definition) is 1. The molecule has 0 atom stereocenters. The summed E-state index contributed by atoms with van der Waals surface area (Å²) in [7, 11) is 0. The second kappa shape index (κ2) is 8.17. The molecule has 0 heterocycles. The molecule has 0 saturated heterocycles. The van der Waals surface area contributed by atoms with Crippen LogP contribution in [-0.2, 0) is 15.0 Å². The van der Waals surface area contributed by atoms with Crippen LogP contribution in [0.25, 0.3) is 0 Å². The van der Waals surface area contributed by atoms with E-state index >= 15 is 0 Å². The first-order chi connectivity index (χ1) is 12.2. The van der Waals surface area contributed by atoms with E-state index in [1.807, 2.05) is 55.5 Å². The van der Waals surface area contributed by atoms with Gasteiger partial charge in [-0.05, 0) is 47.7 Å². The molecule has 0 saturated carbocycles. The second-order valence-electron chi connectivity index (χ2n) is 7.64. The average Bonchev–Trinajstić information content (AvgIpc) is 2.54. The Morgan fingerprint density at radius 3 is 2.23 bits per heavy atom. The fourth-order valence-corrected chi connectivity index (χ4v) is 2.75. The predicted molar refractivity (Wildman–Crippen MR) is 108 cm³/mol. The van der Waals surface area contributed by atoms with Gasteiger partial charge in [0.15, 0.2) is 0 Å². The number of hydrogen-bond acceptors (Lipinski definition) is 2. The number of nitrogens with one attached hydrogen (secondary N) is 1. The van der Waals surface area contributed by atoms with E-state index in [0.29, 0.717) is 6.54 Å². The first-order valence-electron chi connectivity index (χ1n) is 8.92. The van der Waals surface area contributed by atoms with E-state index in [9.17, 15) is 9.59 Å². The molecule has 2 rings (SSSR count). The summed E-state index contributed by atoms with van der Waals surface area (Å²) in [6.07, 6.45) is 0.245. The van der Waals surface area contributed by atoms with Gasteiger partial charge in [0.2, 0.25) is 11.8 Å². The standard InChI is InChI=1S/C22H28N2O2/c1-16-7-6-8-20(15-16)24(17(2)25)14-13-21(26)23-19-11-9-18(10-12-19)22(3,4)5/h6-12,15H,13-14H2,1-5H3,(H,23,26). The number of anilines is 2. The molecule has 2 aromatic rings. The molecule has 0 aliphatic heterocycles. The minimum Gasteiger partial charge on any atom is -0.326 e. The van der Waals surface area contributed by atoms with Gasteiger partial charge in [0.1, 0.15) is 0 Å². The third kappa shape index (κ3) is 5.45. The van der Waals surface area contributed by atoms with Crippen molar-refractivity contribution in [3.05, 3.63) is 59.7 Å². The summed E-state index contributed by atoms with van der Waals surface area (Å²) < 4.78 is 0. The summed E-state index contributed by atoms with van der Waals surface area (Å²) in [5.41, 5.74) is 3.97. The molecule has 2 aromatic carbocycles. The Labute approximate surface area is 156 Å². The van der Waals surface area contributed by atoms with E-state index in [2.05, 4.69) is 26.1 Å². The smallest absolute Gasteiger partial charge is 0.226 e. The summed E-state index contributed by atoms with van der Waals surface area (Å²) in [5, 5.41) is 2.90. The Bertz CT molecular complexity index is 773. The van der Waals surface area contributed by atoms with E-state index in [-0.39, 0.29) is 23.7 Å². The Balaban J connectivity index is 1.97. The summed E-state index contributed by atoms with van der Waals surface area (Å²) >= 11 is 0. The van der Waals surface area contributed by atoms with E-state index in [1.165, 1.54) is 12.5 Å². The van der Waals surface area contributed by atoms with Crippen LogP contribution in [0.15, 0.2) is 48.5 Å². The molecule has 1 N–H and O–H groups in total. The number of aryl methyl sites for hydroxylation is 1. The van der Waals surface area contributed by atoms with Crippen LogP contribution in [0.5, 0.6) is 0 Å². The van der Waals surface area contributed by atoms with Crippen LogP contribution in [0.3, 0.4) is 0 Å². The molecule has 26 heavy (non-hydrogen) atoms. The third-order valence-electron chi connectivity index (χ3n) is 4.29. The molecule has 138 valence electrons. The first-order valence-corrected chi connectivity index (χ1v) is 8.92. The Morgan fingerprint density at radius 1 is 1.04 bits per heavy atom. The number of rotatable bonds is 5. The number of carbonyl (C=O) groups excluding carboxylic acids is 2. The molecule has 0 fully saturated rings. The highest BCUT2D eigenvalue weighted by Gasteiger charge is 2.15. The molecule has 4 heteroatoms. The van der Waals surface area contributed by atoms with Gasteiger partial charge < -0.3 is 10.2 Å². The van der Waals surface area contributed by atoms with Crippen molar-refractivity contribution in [2.45, 2.75) is 46.5 Å². The van der Waals surface area contributed by atoms with Crippen molar-refractivity contribution in [2.24, 2.45) is 0 Å². The molecule has 0 radical (unpaired) electrons. The van der Waals surface area contributed by atoms with Crippen LogP contribution < -0.4 is 10.2 Å². The van der Waals surface area contributed by atoms with Crippen LogP contribution in [0.4, 0.5) is 11.4 Å². The lowest BCUT2D eigenvalue weighted by molar-refractivity contribution is -0.117. The van der Waals surface area contributed by atoms with Crippen molar-refractivity contribution >= 4 is 23.2 Å². The molecule has 0 aliphatic carbocycles. The number of carbonyl (C=O) groups is 2. The van der Waals surface area contributed by atoms with Gasteiger partial charge in [-0.25, -0.2) is 0 Å². The van der Waals surface area contributed by atoms with Gasteiger partial charge in [-0.1, -0.05) is 45.0 Å². The zero-order valence-electron chi connectivity index (χ0n) is 16.3. The van der Waals surface area contributed by atoms with Crippen molar-refractivity contribution < 1.29 is 9.59 Å². The SMILES string of the molecule is CC(=O)N(CCC(=O)Nc1ccc(C(C)(C)C)cc1)c1cccc(C)c1. The maximum Gasteiger partial charge on any atom is 0.226 e. The largest absolute Gasteiger partial charge is 0.326 e. The molecule has 0 aliphatic rings. The van der Waals surface area contributed by atoms with Crippen molar-refractivity contribution in [1.82, 2.24) is 0 Å². The summed E-state index contributed by atoms with van der Waals surface area (Å²) in [5.74, 6) is -0.176. The van der Waals surface area contributed by atoms with Gasteiger partial charge in [0.25, 0.3) is 0 Å². The summed E-state index contributed by atoms with van der Waals surface area (Å²) in [6, 6.07) is 15.6. The van der Waals surface area contributed by atoms with Crippen LogP contribution in [0, 0.1) is 6.92 Å². The summed E-state index contributed by atoms with van der Waals surface area (Å²) in [4.78, 5) is 25.9. The third-order valence-corrected chi connectivity index (χ3v) is 4.29. The van der Waals surface area contributed by atoms with E-state index in [4.69, 9.17) is 0 Å². The van der Waals surface area contributed by atoms with Gasteiger partial charge in [-0.2, -0.15) is 0 Å². The molecule has 0 spiro atoms. The summed E-state index contributed by atoms with van der Waals surface area (Å²) in [6.45, 7) is 10.3. The maximum atomic E-state index is 12.3. The van der Waals surface area contributed by atoms with Crippen molar-refractivity contribution in [1.29, 1.82) is 0 Å². The van der Waals surface area contributed by atoms with Crippen LogP contribution in [0.1, 0.15) is 45.2 Å². The Morgan fingerprint density at radius 2 is 1.69 bits per heavy atom. The minimum atomic E-state index is -0.104. The average molecular weight is 352 g/mol. The van der Waals surface area contributed by atoms with Crippen molar-refractivity contribution in [3.63, 3.8) is 0 Å². The zero-order valence-corrected chi connectivity index (χ0v) is 16.3. The maximum absolute atomic E-state index is 12.3. The van der Waals surface area contributed by atoms with Crippen LogP contribution >= 0.6 is 0 Å². The van der Waals surface area contributed by atoms with Gasteiger partial charge in [-0.15, -0.1) is 0 Å². The van der Waals surface area contributed by atoms with Crippen LogP contribution in [0.2, 0.25) is 0 Å². The van der Waals surface area contributed by atoms with Crippen LogP contribution in [-0.4, -0.2) is 18.4 Å². The molecule has 0 aromatic heterocycles. The van der Waals surface area contributed by atoms with Crippen molar-refractivity contribution in [3.8, 4) is 0 Å². The number of nitrogens with zero attached hydrogens (tertiary/aromatic N) is 1. The quantitative estimate of drug-likeness (QED) is 0.850. The number of benzene rings is 2. The van der Waals surface area contributed by atoms with E-state index in [0.717, 1.165) is 16.9 Å².